The maximum Gasteiger partial charge on any atom is 0.344 e. The van der Waals surface area contributed by atoms with Crippen molar-refractivity contribution in [2.24, 2.45) is 11.8 Å². The van der Waals surface area contributed by atoms with E-state index >= 15 is 0 Å². The topological polar surface area (TPSA) is 108 Å². The van der Waals surface area contributed by atoms with Gasteiger partial charge in [0.1, 0.15) is 5.75 Å². The maximum absolute atomic E-state index is 12.3. The van der Waals surface area contributed by atoms with Crippen molar-refractivity contribution in [3.63, 3.8) is 0 Å². The average molecular weight is 378 g/mol. The Balaban J connectivity index is 1.77. The van der Waals surface area contributed by atoms with Crippen molar-refractivity contribution in [2.75, 3.05) is 6.61 Å². The van der Waals surface area contributed by atoms with Gasteiger partial charge in [-0.15, -0.1) is 0 Å². The maximum atomic E-state index is 12.3. The first kappa shape index (κ1) is 20.7. The molecule has 4 atom stereocenters. The molecule has 0 heterocycles. The fourth-order valence-electron chi connectivity index (χ4n) is 3.18. The highest BCUT2D eigenvalue weighted by Crippen LogP contribution is 2.29. The third kappa shape index (κ3) is 5.94. The van der Waals surface area contributed by atoms with Gasteiger partial charge in [-0.2, -0.15) is 0 Å². The van der Waals surface area contributed by atoms with Crippen LogP contribution in [0.5, 0.6) is 5.75 Å². The molecule has 1 aliphatic carbocycles. The molecule has 27 heavy (non-hydrogen) atoms. The minimum atomic E-state index is -0.914. The van der Waals surface area contributed by atoms with Crippen LogP contribution >= 0.6 is 0 Å². The number of nitro benzene ring substituents is 1. The summed E-state index contributed by atoms with van der Waals surface area (Å²) in [5.74, 6) is 0.249. The van der Waals surface area contributed by atoms with Crippen LogP contribution in [0.25, 0.3) is 0 Å². The Hall–Kier alpha value is -2.64. The lowest BCUT2D eigenvalue weighted by Crippen LogP contribution is -2.47. The number of amides is 1. The number of hydrogen-bond acceptors (Lipinski definition) is 6. The number of nitrogens with one attached hydrogen (secondary N) is 1. The van der Waals surface area contributed by atoms with Crippen LogP contribution in [0.2, 0.25) is 0 Å². The fourth-order valence-corrected chi connectivity index (χ4v) is 3.18. The average Bonchev–Trinajstić information content (AvgIpc) is 2.64. The SMILES string of the molecule is C[C@@H]1[C@@H](C)CCC[C@H]1NC(=O)[C@@H](C)OC(=O)COc1ccc([N+](=O)[O-])cc1. The largest absolute Gasteiger partial charge is 0.482 e. The molecule has 8 nitrogen and oxygen atoms in total. The number of nitrogens with zero attached hydrogens (tertiary/aromatic N) is 1. The Morgan fingerprint density at radius 1 is 1.26 bits per heavy atom. The van der Waals surface area contributed by atoms with E-state index in [0.717, 1.165) is 19.3 Å². The zero-order chi connectivity index (χ0) is 20.0. The summed E-state index contributed by atoms with van der Waals surface area (Å²) >= 11 is 0. The number of nitro groups is 1. The molecule has 148 valence electrons. The molecule has 1 aromatic rings. The van der Waals surface area contributed by atoms with Gasteiger partial charge in [-0.05, 0) is 37.3 Å². The molecule has 0 aliphatic heterocycles. The van der Waals surface area contributed by atoms with Crippen LogP contribution < -0.4 is 10.1 Å². The molecule has 1 saturated carbocycles. The first-order valence-electron chi connectivity index (χ1n) is 9.15. The zero-order valence-electron chi connectivity index (χ0n) is 15.8. The fraction of sp³-hybridized carbons (Fsp3) is 0.579. The second-order valence-corrected chi connectivity index (χ2v) is 7.05. The standard InChI is InChI=1S/C19H26N2O6/c1-12-5-4-6-17(13(12)2)20-19(23)14(3)27-18(22)11-26-16-9-7-15(8-10-16)21(24)25/h7-10,12-14,17H,4-6,11H2,1-3H3,(H,20,23)/t12-,13+,14+,17+/m0/s1. The quantitative estimate of drug-likeness (QED) is 0.444. The van der Waals surface area contributed by atoms with E-state index in [0.29, 0.717) is 17.6 Å². The Morgan fingerprint density at radius 2 is 1.93 bits per heavy atom. The molecule has 1 aliphatic rings. The van der Waals surface area contributed by atoms with Crippen LogP contribution in [0.3, 0.4) is 0 Å². The summed E-state index contributed by atoms with van der Waals surface area (Å²) in [6.45, 7) is 5.45. The van der Waals surface area contributed by atoms with Crippen LogP contribution in [0.4, 0.5) is 5.69 Å². The van der Waals surface area contributed by atoms with Gasteiger partial charge in [0.05, 0.1) is 4.92 Å². The summed E-state index contributed by atoms with van der Waals surface area (Å²) in [6, 6.07) is 5.45. The van der Waals surface area contributed by atoms with E-state index in [-0.39, 0.29) is 24.2 Å². The molecule has 0 saturated heterocycles. The van der Waals surface area contributed by atoms with E-state index in [2.05, 4.69) is 19.2 Å². The molecule has 0 spiro atoms. The molecular formula is C19H26N2O6. The molecule has 1 fully saturated rings. The summed E-state index contributed by atoms with van der Waals surface area (Å²) in [5, 5.41) is 13.6. The third-order valence-corrected chi connectivity index (χ3v) is 5.12. The zero-order valence-corrected chi connectivity index (χ0v) is 15.8. The molecule has 1 N–H and O–H groups in total. The van der Waals surface area contributed by atoms with Gasteiger partial charge in [-0.3, -0.25) is 14.9 Å². The number of hydrogen-bond donors (Lipinski definition) is 1. The highest BCUT2D eigenvalue weighted by Gasteiger charge is 2.30. The van der Waals surface area contributed by atoms with Gasteiger partial charge in [0.25, 0.3) is 11.6 Å². The van der Waals surface area contributed by atoms with Crippen molar-refractivity contribution in [1.82, 2.24) is 5.32 Å². The van der Waals surface area contributed by atoms with Crippen molar-refractivity contribution in [3.8, 4) is 5.75 Å². The van der Waals surface area contributed by atoms with E-state index in [9.17, 15) is 19.7 Å². The summed E-state index contributed by atoms with van der Waals surface area (Å²) in [6.07, 6.45) is 2.26. The lowest BCUT2D eigenvalue weighted by atomic mass is 9.78. The molecule has 0 aromatic heterocycles. The van der Waals surface area contributed by atoms with Gasteiger partial charge < -0.3 is 14.8 Å². The number of rotatable bonds is 7. The van der Waals surface area contributed by atoms with Gasteiger partial charge in [-0.1, -0.05) is 26.7 Å². The van der Waals surface area contributed by atoms with Crippen LogP contribution in [0.15, 0.2) is 24.3 Å². The predicted molar refractivity (Wildman–Crippen MR) is 98.3 cm³/mol. The van der Waals surface area contributed by atoms with Crippen molar-refractivity contribution in [1.29, 1.82) is 0 Å². The summed E-state index contributed by atoms with van der Waals surface area (Å²) in [4.78, 5) is 34.2. The lowest BCUT2D eigenvalue weighted by molar-refractivity contribution is -0.384. The van der Waals surface area contributed by atoms with E-state index < -0.39 is 17.0 Å². The Bertz CT molecular complexity index is 675. The van der Waals surface area contributed by atoms with Crippen molar-refractivity contribution in [3.05, 3.63) is 34.4 Å². The van der Waals surface area contributed by atoms with Crippen LogP contribution in [-0.4, -0.2) is 35.6 Å². The van der Waals surface area contributed by atoms with Gasteiger partial charge in [0.2, 0.25) is 0 Å². The molecule has 0 bridgehead atoms. The van der Waals surface area contributed by atoms with Crippen LogP contribution in [0.1, 0.15) is 40.0 Å². The van der Waals surface area contributed by atoms with E-state index in [1.807, 2.05) is 0 Å². The number of non-ortho nitro benzene ring substituents is 1. The molecular weight excluding hydrogens is 352 g/mol. The number of carbonyl (C=O) groups is 2. The highest BCUT2D eigenvalue weighted by atomic mass is 16.6. The molecule has 2 rings (SSSR count). The molecule has 1 aromatic carbocycles. The normalized spacial score (nSPS) is 23.1. The van der Waals surface area contributed by atoms with Crippen molar-refractivity contribution in [2.45, 2.75) is 52.2 Å². The second kappa shape index (κ2) is 9.34. The number of ether oxygens (including phenoxy) is 2. The molecule has 0 radical (unpaired) electrons. The minimum absolute atomic E-state index is 0.0681. The van der Waals surface area contributed by atoms with Gasteiger partial charge in [0, 0.05) is 18.2 Å². The highest BCUT2D eigenvalue weighted by molar-refractivity contribution is 5.83. The third-order valence-electron chi connectivity index (χ3n) is 5.12. The summed E-state index contributed by atoms with van der Waals surface area (Å²) < 4.78 is 10.4. The first-order chi connectivity index (χ1) is 12.8. The van der Waals surface area contributed by atoms with Gasteiger partial charge >= 0.3 is 5.97 Å². The van der Waals surface area contributed by atoms with Crippen molar-refractivity contribution < 1.29 is 24.0 Å². The van der Waals surface area contributed by atoms with E-state index in [1.54, 1.807) is 0 Å². The number of esters is 1. The van der Waals surface area contributed by atoms with Crippen LogP contribution in [0, 0.1) is 22.0 Å². The second-order valence-electron chi connectivity index (χ2n) is 7.05. The van der Waals surface area contributed by atoms with E-state index in [1.165, 1.54) is 31.2 Å². The lowest BCUT2D eigenvalue weighted by Gasteiger charge is -2.35. The predicted octanol–water partition coefficient (Wildman–Crippen LogP) is 2.85. The molecule has 8 heteroatoms. The van der Waals surface area contributed by atoms with Gasteiger partial charge in [-0.25, -0.2) is 4.79 Å². The Morgan fingerprint density at radius 3 is 2.56 bits per heavy atom. The van der Waals surface area contributed by atoms with Crippen molar-refractivity contribution >= 4 is 17.6 Å². The smallest absolute Gasteiger partial charge is 0.344 e. The summed E-state index contributed by atoms with van der Waals surface area (Å²) in [7, 11) is 0. The van der Waals surface area contributed by atoms with Crippen LogP contribution in [-0.2, 0) is 14.3 Å². The Kier molecular flexibility index (Phi) is 7.15. The molecule has 0 unspecified atom stereocenters. The number of benzene rings is 1. The Labute approximate surface area is 158 Å². The van der Waals surface area contributed by atoms with Gasteiger partial charge in [0.15, 0.2) is 12.7 Å². The minimum Gasteiger partial charge on any atom is -0.482 e. The molecule has 1 amide bonds. The monoisotopic (exact) mass is 378 g/mol. The number of carbonyl (C=O) groups excluding carboxylic acids is 2. The van der Waals surface area contributed by atoms with E-state index in [4.69, 9.17) is 9.47 Å². The first-order valence-corrected chi connectivity index (χ1v) is 9.15. The summed E-state index contributed by atoms with van der Waals surface area (Å²) in [5.41, 5.74) is -0.0681.